The lowest BCUT2D eigenvalue weighted by Gasteiger charge is -2.41. The van der Waals surface area contributed by atoms with Crippen LogP contribution < -0.4 is 4.74 Å². The Bertz CT molecular complexity index is 919. The van der Waals surface area contributed by atoms with Gasteiger partial charge in [-0.05, 0) is 49.1 Å². The summed E-state index contributed by atoms with van der Waals surface area (Å²) < 4.78 is 7.63. The highest BCUT2D eigenvalue weighted by Crippen LogP contribution is 2.30. The van der Waals surface area contributed by atoms with E-state index in [-0.39, 0.29) is 0 Å². The summed E-state index contributed by atoms with van der Waals surface area (Å²) in [5.41, 5.74) is 4.24. The number of piperidine rings is 1. The summed E-state index contributed by atoms with van der Waals surface area (Å²) >= 11 is 3.72. The van der Waals surface area contributed by atoms with Crippen LogP contribution in [0.15, 0.2) is 41.5 Å². The minimum absolute atomic E-state index is 0.303. The number of benzene rings is 1. The monoisotopic (exact) mass is 444 g/mol. The van der Waals surface area contributed by atoms with Crippen molar-refractivity contribution in [2.24, 2.45) is 5.16 Å². The van der Waals surface area contributed by atoms with Crippen molar-refractivity contribution in [3.63, 3.8) is 0 Å². The lowest BCUT2D eigenvalue weighted by atomic mass is 9.97. The second-order valence-corrected chi connectivity index (χ2v) is 8.72. The molecule has 0 N–H and O–H groups in total. The van der Waals surface area contributed by atoms with Crippen molar-refractivity contribution in [3.05, 3.63) is 47.6 Å². The molecule has 0 aliphatic carbocycles. The predicted molar refractivity (Wildman–Crippen MR) is 114 cm³/mol. The molecule has 6 nitrogen and oxygen atoms in total. The zero-order chi connectivity index (χ0) is 19.7. The van der Waals surface area contributed by atoms with Crippen molar-refractivity contribution < 1.29 is 9.57 Å². The van der Waals surface area contributed by atoms with Crippen LogP contribution >= 0.6 is 15.9 Å². The Morgan fingerprint density at radius 3 is 2.96 bits per heavy atom. The maximum absolute atomic E-state index is 5.64. The van der Waals surface area contributed by atoms with Crippen LogP contribution in [-0.2, 0) is 4.84 Å². The van der Waals surface area contributed by atoms with Crippen molar-refractivity contribution >= 4 is 27.8 Å². The molecule has 1 saturated heterocycles. The zero-order valence-corrected chi connectivity index (χ0v) is 18.0. The number of hydrogen-bond acceptors (Lipinski definition) is 5. The topological polar surface area (TPSA) is 51.9 Å². The Hall–Kier alpha value is -2.28. The largest absolute Gasteiger partial charge is 0.495 e. The summed E-state index contributed by atoms with van der Waals surface area (Å²) in [6.45, 7) is 5.78. The molecule has 2 atom stereocenters. The molecule has 1 aromatic heterocycles. The van der Waals surface area contributed by atoms with E-state index in [1.54, 1.807) is 13.4 Å². The Labute approximate surface area is 174 Å². The molecule has 1 aromatic carbocycles. The third-order valence-corrected chi connectivity index (χ3v) is 5.88. The Morgan fingerprint density at radius 1 is 1.39 bits per heavy atom. The zero-order valence-electron chi connectivity index (χ0n) is 16.4. The molecule has 2 aromatic rings. The van der Waals surface area contributed by atoms with Crippen LogP contribution in [0.4, 0.5) is 0 Å². The second-order valence-electron chi connectivity index (χ2n) is 7.28. The summed E-state index contributed by atoms with van der Waals surface area (Å²) in [6, 6.07) is 6.53. The van der Waals surface area contributed by atoms with Crippen molar-refractivity contribution in [1.29, 1.82) is 0 Å². The molecular weight excluding hydrogens is 420 g/mol. The van der Waals surface area contributed by atoms with Gasteiger partial charge < -0.3 is 19.0 Å². The highest BCUT2D eigenvalue weighted by Gasteiger charge is 2.34. The van der Waals surface area contributed by atoms with Gasteiger partial charge in [0.1, 0.15) is 12.4 Å². The highest BCUT2D eigenvalue weighted by molar-refractivity contribution is 9.09. The van der Waals surface area contributed by atoms with Gasteiger partial charge in [-0.3, -0.25) is 0 Å². The van der Waals surface area contributed by atoms with Gasteiger partial charge in [0, 0.05) is 17.6 Å². The Kier molecular flexibility index (Phi) is 5.44. The first-order valence-electron chi connectivity index (χ1n) is 9.57. The first-order valence-corrected chi connectivity index (χ1v) is 10.5. The van der Waals surface area contributed by atoms with Crippen LogP contribution in [0.3, 0.4) is 0 Å². The molecule has 0 amide bonds. The van der Waals surface area contributed by atoms with Gasteiger partial charge in [0.25, 0.3) is 0 Å². The number of hydrogen-bond donors (Lipinski definition) is 0. The lowest BCUT2D eigenvalue weighted by molar-refractivity contribution is 0.0592. The van der Waals surface area contributed by atoms with Gasteiger partial charge in [-0.15, -0.1) is 0 Å². The molecule has 28 heavy (non-hydrogen) atoms. The quantitative estimate of drug-likeness (QED) is 0.664. The van der Waals surface area contributed by atoms with Crippen LogP contribution in [0.1, 0.15) is 31.0 Å². The van der Waals surface area contributed by atoms with Gasteiger partial charge in [-0.2, -0.15) is 0 Å². The third kappa shape index (κ3) is 3.68. The number of halogens is 1. The fourth-order valence-corrected chi connectivity index (χ4v) is 4.25. The van der Waals surface area contributed by atoms with E-state index in [1.807, 2.05) is 17.7 Å². The predicted octanol–water partition coefficient (Wildman–Crippen LogP) is 4.16. The fraction of sp³-hybridized carbons (Fsp3) is 0.429. The van der Waals surface area contributed by atoms with Crippen LogP contribution in [0.2, 0.25) is 0 Å². The molecule has 148 valence electrons. The van der Waals surface area contributed by atoms with Gasteiger partial charge in [0.15, 0.2) is 5.84 Å². The number of ether oxygens (including phenoxy) is 1. The average molecular weight is 445 g/mol. The van der Waals surface area contributed by atoms with Crippen LogP contribution in [0.5, 0.6) is 5.75 Å². The number of rotatable bonds is 4. The van der Waals surface area contributed by atoms with Gasteiger partial charge >= 0.3 is 0 Å². The second kappa shape index (κ2) is 7.99. The highest BCUT2D eigenvalue weighted by atomic mass is 79.9. The summed E-state index contributed by atoms with van der Waals surface area (Å²) in [5, 5.41) is 4.38. The molecular formula is C21H25BrN4O2. The maximum atomic E-state index is 5.64. The molecule has 0 radical (unpaired) electrons. The van der Waals surface area contributed by atoms with Crippen LogP contribution in [0, 0.1) is 6.92 Å². The fourth-order valence-electron chi connectivity index (χ4n) is 3.81. The van der Waals surface area contributed by atoms with E-state index in [2.05, 4.69) is 62.2 Å². The number of aromatic nitrogens is 2. The van der Waals surface area contributed by atoms with Crippen molar-refractivity contribution in [3.8, 4) is 11.4 Å². The molecule has 1 fully saturated rings. The Balaban J connectivity index is 1.66. The van der Waals surface area contributed by atoms with E-state index in [0.717, 1.165) is 47.9 Å². The summed E-state index contributed by atoms with van der Waals surface area (Å²) in [4.78, 5) is 12.6. The number of oxime groups is 1. The number of alkyl halides is 1. The minimum Gasteiger partial charge on any atom is -0.495 e. The molecule has 7 heteroatoms. The SMILES string of the molecule is COc1cc(/C=C2\CCCN3C2=NOCC3C(C)Br)ccc1-n1cnc(C)c1. The number of amidine groups is 1. The average Bonchev–Trinajstić information content (AvgIpc) is 3.13. The third-order valence-electron chi connectivity index (χ3n) is 5.27. The number of methoxy groups -OCH3 is 1. The minimum atomic E-state index is 0.303. The number of imidazole rings is 1. The molecule has 2 aliphatic rings. The lowest BCUT2D eigenvalue weighted by Crippen LogP contribution is -2.52. The van der Waals surface area contributed by atoms with Gasteiger partial charge in [0.2, 0.25) is 0 Å². The summed E-state index contributed by atoms with van der Waals surface area (Å²) in [5.74, 6) is 1.77. The molecule has 3 heterocycles. The molecule has 2 unspecified atom stereocenters. The standard InChI is InChI=1S/C21H25BrN4O2/c1-14-11-25(13-23-14)18-7-6-16(10-20(18)27-3)9-17-5-4-8-26-19(15(2)22)12-28-24-21(17)26/h6-7,9-11,13,15,19H,4-5,8,12H2,1-3H3/b17-9+. The van der Waals surface area contributed by atoms with Crippen molar-refractivity contribution in [2.45, 2.75) is 37.6 Å². The molecule has 0 bridgehead atoms. The van der Waals surface area contributed by atoms with Crippen molar-refractivity contribution in [2.75, 3.05) is 20.3 Å². The Morgan fingerprint density at radius 2 is 2.25 bits per heavy atom. The first kappa shape index (κ1) is 19.1. The van der Waals surface area contributed by atoms with E-state index in [4.69, 9.17) is 9.57 Å². The normalized spacial score (nSPS) is 21.7. The van der Waals surface area contributed by atoms with Crippen molar-refractivity contribution in [1.82, 2.24) is 14.5 Å². The molecule has 2 aliphatic heterocycles. The van der Waals surface area contributed by atoms with E-state index < -0.39 is 0 Å². The van der Waals surface area contributed by atoms with E-state index >= 15 is 0 Å². The van der Waals surface area contributed by atoms with Gasteiger partial charge in [-0.1, -0.05) is 34.1 Å². The van der Waals surface area contributed by atoms with Gasteiger partial charge in [0.05, 0.1) is 30.9 Å². The van der Waals surface area contributed by atoms with E-state index in [1.165, 1.54) is 5.57 Å². The van der Waals surface area contributed by atoms with Gasteiger partial charge in [-0.25, -0.2) is 4.98 Å². The summed E-state index contributed by atoms with van der Waals surface area (Å²) in [6.07, 6.45) is 8.10. The molecule has 0 saturated carbocycles. The smallest absolute Gasteiger partial charge is 0.171 e. The van der Waals surface area contributed by atoms with Crippen LogP contribution in [-0.4, -0.2) is 51.4 Å². The van der Waals surface area contributed by atoms with Crippen LogP contribution in [0.25, 0.3) is 11.8 Å². The molecule has 4 rings (SSSR count). The van der Waals surface area contributed by atoms with E-state index in [0.29, 0.717) is 17.5 Å². The number of nitrogens with zero attached hydrogens (tertiary/aromatic N) is 4. The molecule has 0 spiro atoms. The first-order chi connectivity index (χ1) is 13.6. The van der Waals surface area contributed by atoms with E-state index in [9.17, 15) is 0 Å². The summed E-state index contributed by atoms with van der Waals surface area (Å²) in [7, 11) is 1.70. The number of fused-ring (bicyclic) bond motifs is 1. The number of aryl methyl sites for hydroxylation is 1. The maximum Gasteiger partial charge on any atom is 0.171 e.